The van der Waals surface area contributed by atoms with Gasteiger partial charge in [-0.3, -0.25) is 9.78 Å². The van der Waals surface area contributed by atoms with Gasteiger partial charge >= 0.3 is 5.97 Å². The Balaban J connectivity index is 0.991. The zero-order valence-electron chi connectivity index (χ0n) is 27.7. The number of hydrogen-bond acceptors (Lipinski definition) is 7. The number of carboxylic acids is 1. The Bertz CT molecular complexity index is 1700. The van der Waals surface area contributed by atoms with Gasteiger partial charge in [-0.05, 0) is 118 Å². The molecule has 4 heterocycles. The van der Waals surface area contributed by atoms with Gasteiger partial charge in [0, 0.05) is 68.1 Å². The molecule has 0 radical (unpaired) electrons. The van der Waals surface area contributed by atoms with Crippen molar-refractivity contribution < 1.29 is 18.3 Å². The number of likely N-dealkylation sites (tertiary alicyclic amines) is 1. The van der Waals surface area contributed by atoms with E-state index in [1.54, 1.807) is 31.2 Å². The molecule has 1 aliphatic carbocycles. The number of piperidine rings is 1. The van der Waals surface area contributed by atoms with E-state index in [4.69, 9.17) is 0 Å². The molecule has 1 aromatic heterocycles. The first-order chi connectivity index (χ1) is 22.6. The number of carbonyl (C=O) groups is 1. The van der Waals surface area contributed by atoms with Gasteiger partial charge < -0.3 is 19.8 Å². The molecule has 1 unspecified atom stereocenters. The van der Waals surface area contributed by atoms with E-state index in [1.165, 1.54) is 17.3 Å². The molecule has 8 nitrogen and oxygen atoms in total. The van der Waals surface area contributed by atoms with E-state index in [2.05, 4.69) is 51.0 Å². The van der Waals surface area contributed by atoms with Crippen LogP contribution >= 0.6 is 0 Å². The van der Waals surface area contributed by atoms with E-state index in [9.17, 15) is 18.3 Å². The fraction of sp³-hybridized carbons (Fsp3) is 0.526. The molecular formula is C38H48N4O4S. The van der Waals surface area contributed by atoms with Gasteiger partial charge in [-0.1, -0.05) is 30.7 Å². The van der Waals surface area contributed by atoms with Crippen molar-refractivity contribution in [1.82, 2.24) is 14.8 Å². The molecule has 0 bridgehead atoms. The van der Waals surface area contributed by atoms with Crippen molar-refractivity contribution in [2.24, 2.45) is 23.7 Å². The second-order valence-electron chi connectivity index (χ2n) is 14.7. The smallest absolute Gasteiger partial charge is 0.303 e. The molecule has 7 rings (SSSR count). The number of likely N-dealkylation sites (N-methyl/N-ethyl adjacent to an activating group) is 1. The fourth-order valence-corrected chi connectivity index (χ4v) is 11.0. The average molecular weight is 657 g/mol. The second-order valence-corrected chi connectivity index (χ2v) is 16.7. The standard InChI is InChI=1S/C38H48N4O4S/c1-27-20-34(14-17-39-27)47(45,46)33-12-10-32(11-13-33)42-23-28(24-42)22-41-18-15-31(16-19-41)38(35-9-5-7-29(35)21-37(43)44)26-40(2)25-30-6-3-4-8-36(30)38/h3-4,6,8,10-14,17,20,28-29,31,35H,5,7,9,15-16,18-19,21-26H2,1-2H3,(H,43,44)/t29-,35+,38?/m0/s1. The third kappa shape index (κ3) is 6.22. The zero-order valence-corrected chi connectivity index (χ0v) is 28.5. The van der Waals surface area contributed by atoms with Gasteiger partial charge in [-0.2, -0.15) is 0 Å². The number of rotatable bonds is 9. The van der Waals surface area contributed by atoms with Gasteiger partial charge in [-0.15, -0.1) is 0 Å². The SMILES string of the molecule is Cc1cc(S(=O)(=O)c2ccc(N3CC(CN4CCC(C5([C@@H]6CCC[C@H]6CC(=O)O)CN(C)Cc6ccccc65)CC4)C3)cc2)ccn1. The number of aryl methyl sites for hydroxylation is 1. The molecule has 47 heavy (non-hydrogen) atoms. The summed E-state index contributed by atoms with van der Waals surface area (Å²) in [5.74, 6) is 1.15. The van der Waals surface area contributed by atoms with Crippen molar-refractivity contribution in [2.45, 2.75) is 67.2 Å². The van der Waals surface area contributed by atoms with Crippen molar-refractivity contribution in [3.8, 4) is 0 Å². The maximum Gasteiger partial charge on any atom is 0.303 e. The van der Waals surface area contributed by atoms with Gasteiger partial charge in [0.15, 0.2) is 0 Å². The maximum atomic E-state index is 13.1. The molecule has 3 aliphatic heterocycles. The van der Waals surface area contributed by atoms with E-state index >= 15 is 0 Å². The molecule has 0 spiro atoms. The van der Waals surface area contributed by atoms with Crippen molar-refractivity contribution in [1.29, 1.82) is 0 Å². The molecule has 4 aliphatic rings. The van der Waals surface area contributed by atoms with Crippen LogP contribution in [0, 0.1) is 30.6 Å². The van der Waals surface area contributed by atoms with Crippen LogP contribution in [0.3, 0.4) is 0 Å². The lowest BCUT2D eigenvalue weighted by Crippen LogP contribution is -2.57. The van der Waals surface area contributed by atoms with E-state index in [0.717, 1.165) is 83.6 Å². The zero-order chi connectivity index (χ0) is 32.8. The Morgan fingerprint density at radius 2 is 1.72 bits per heavy atom. The number of anilines is 1. The molecule has 2 aromatic carbocycles. The van der Waals surface area contributed by atoms with E-state index in [1.807, 2.05) is 12.1 Å². The highest BCUT2D eigenvalue weighted by Gasteiger charge is 2.54. The minimum atomic E-state index is -3.57. The number of hydrogen-bond donors (Lipinski definition) is 1. The highest BCUT2D eigenvalue weighted by molar-refractivity contribution is 7.91. The van der Waals surface area contributed by atoms with Crippen LogP contribution in [0.2, 0.25) is 0 Å². The first-order valence-corrected chi connectivity index (χ1v) is 18.9. The summed E-state index contributed by atoms with van der Waals surface area (Å²) < 4.78 is 26.2. The summed E-state index contributed by atoms with van der Waals surface area (Å²) in [5, 5.41) is 9.82. The third-order valence-corrected chi connectivity index (χ3v) is 13.5. The third-order valence-electron chi connectivity index (χ3n) is 11.7. The van der Waals surface area contributed by atoms with E-state index in [0.29, 0.717) is 28.3 Å². The summed E-state index contributed by atoms with van der Waals surface area (Å²) in [6, 6.07) is 19.5. The van der Waals surface area contributed by atoms with Gasteiger partial charge in [0.05, 0.1) is 9.79 Å². The van der Waals surface area contributed by atoms with Gasteiger partial charge in [0.2, 0.25) is 9.84 Å². The monoisotopic (exact) mass is 656 g/mol. The largest absolute Gasteiger partial charge is 0.481 e. The molecule has 0 amide bonds. The maximum absolute atomic E-state index is 13.1. The number of fused-ring (bicyclic) bond motifs is 1. The molecule has 1 saturated carbocycles. The predicted molar refractivity (Wildman–Crippen MR) is 183 cm³/mol. The molecule has 3 fully saturated rings. The lowest BCUT2D eigenvalue weighted by atomic mass is 9.55. The molecule has 2 saturated heterocycles. The topological polar surface area (TPSA) is 94.0 Å². The lowest BCUT2D eigenvalue weighted by Gasteiger charge is -2.55. The number of sulfone groups is 1. The average Bonchev–Trinajstić information content (AvgIpc) is 3.50. The number of nitrogens with zero attached hydrogens (tertiary/aromatic N) is 4. The Labute approximate surface area is 279 Å². The van der Waals surface area contributed by atoms with E-state index in [-0.39, 0.29) is 22.6 Å². The first kappa shape index (κ1) is 32.3. The number of aromatic nitrogens is 1. The van der Waals surface area contributed by atoms with Crippen LogP contribution in [0.15, 0.2) is 76.7 Å². The molecule has 250 valence electrons. The quantitative estimate of drug-likeness (QED) is 0.316. The van der Waals surface area contributed by atoms with Crippen LogP contribution in [-0.2, 0) is 26.6 Å². The highest BCUT2D eigenvalue weighted by atomic mass is 32.2. The van der Waals surface area contributed by atoms with Crippen molar-refractivity contribution >= 4 is 21.5 Å². The molecule has 3 atom stereocenters. The number of benzene rings is 2. The van der Waals surface area contributed by atoms with Crippen molar-refractivity contribution in [3.05, 3.63) is 83.7 Å². The van der Waals surface area contributed by atoms with Crippen molar-refractivity contribution in [3.63, 3.8) is 0 Å². The van der Waals surface area contributed by atoms with Crippen LogP contribution in [0.4, 0.5) is 5.69 Å². The minimum Gasteiger partial charge on any atom is -0.481 e. The van der Waals surface area contributed by atoms with Gasteiger partial charge in [-0.25, -0.2) is 8.42 Å². The molecular weight excluding hydrogens is 609 g/mol. The number of pyridine rings is 1. The molecule has 3 aromatic rings. The van der Waals surface area contributed by atoms with Crippen LogP contribution in [0.1, 0.15) is 55.3 Å². The molecule has 1 N–H and O–H groups in total. The Hall–Kier alpha value is -3.27. The summed E-state index contributed by atoms with van der Waals surface area (Å²) in [6.07, 6.45) is 7.44. The summed E-state index contributed by atoms with van der Waals surface area (Å²) in [5.41, 5.74) is 4.69. The Morgan fingerprint density at radius 3 is 2.45 bits per heavy atom. The fourth-order valence-electron chi connectivity index (χ4n) is 9.69. The number of aliphatic carboxylic acids is 1. The van der Waals surface area contributed by atoms with Gasteiger partial charge in [0.1, 0.15) is 0 Å². The van der Waals surface area contributed by atoms with Crippen molar-refractivity contribution in [2.75, 3.05) is 51.2 Å². The second kappa shape index (κ2) is 13.0. The lowest BCUT2D eigenvalue weighted by molar-refractivity contribution is -0.138. The van der Waals surface area contributed by atoms with Crippen LogP contribution in [-0.4, -0.2) is 80.6 Å². The summed E-state index contributed by atoms with van der Waals surface area (Å²) in [4.78, 5) is 24.1. The first-order valence-electron chi connectivity index (χ1n) is 17.4. The molecule has 9 heteroatoms. The minimum absolute atomic E-state index is 0.00937. The summed E-state index contributed by atoms with van der Waals surface area (Å²) >= 11 is 0. The van der Waals surface area contributed by atoms with Gasteiger partial charge in [0.25, 0.3) is 0 Å². The van der Waals surface area contributed by atoms with E-state index < -0.39 is 15.8 Å². The normalized spacial score (nSPS) is 26.2. The number of carboxylic acid groups (broad SMARTS) is 1. The summed E-state index contributed by atoms with van der Waals surface area (Å²) in [6.45, 7) is 9.02. The predicted octanol–water partition coefficient (Wildman–Crippen LogP) is 5.65. The van der Waals surface area contributed by atoms with Crippen LogP contribution in [0.5, 0.6) is 0 Å². The van der Waals surface area contributed by atoms with Crippen LogP contribution in [0.25, 0.3) is 0 Å². The Kier molecular flexibility index (Phi) is 8.91. The summed E-state index contributed by atoms with van der Waals surface area (Å²) in [7, 11) is -1.32. The van der Waals surface area contributed by atoms with Crippen LogP contribution < -0.4 is 4.90 Å². The Morgan fingerprint density at radius 1 is 0.979 bits per heavy atom. The highest BCUT2D eigenvalue weighted by Crippen LogP contribution is 2.55.